The van der Waals surface area contributed by atoms with Gasteiger partial charge in [-0.2, -0.15) is 0 Å². The molecule has 4 atom stereocenters. The Morgan fingerprint density at radius 1 is 1.31 bits per heavy atom. The molecule has 3 saturated heterocycles. The maximum atomic E-state index is 12.9. The summed E-state index contributed by atoms with van der Waals surface area (Å²) in [6, 6.07) is 3.94. The van der Waals surface area contributed by atoms with Crippen LogP contribution in [0.25, 0.3) is 0 Å². The van der Waals surface area contributed by atoms with Gasteiger partial charge in [0.05, 0.1) is 31.3 Å². The van der Waals surface area contributed by atoms with E-state index >= 15 is 0 Å². The number of rotatable bonds is 2. The number of piperidine rings is 1. The molecule has 1 aromatic carbocycles. The molecule has 0 aromatic heterocycles. The summed E-state index contributed by atoms with van der Waals surface area (Å²) in [4.78, 5) is 15.5. The highest BCUT2D eigenvalue weighted by Crippen LogP contribution is 2.67. The summed E-state index contributed by atoms with van der Waals surface area (Å²) in [7, 11) is 3.00. The summed E-state index contributed by atoms with van der Waals surface area (Å²) in [6.45, 7) is 2.73. The largest absolute Gasteiger partial charge is 0.504 e. The van der Waals surface area contributed by atoms with Gasteiger partial charge in [0, 0.05) is 42.1 Å². The van der Waals surface area contributed by atoms with Gasteiger partial charge < -0.3 is 24.6 Å². The Morgan fingerprint density at radius 3 is 2.97 bits per heavy atom. The summed E-state index contributed by atoms with van der Waals surface area (Å²) in [6.07, 6.45) is 3.70. The van der Waals surface area contributed by atoms with Crippen LogP contribution in [0, 0.1) is 5.41 Å². The fraction of sp³-hybridized carbons (Fsp3) is 0.591. The van der Waals surface area contributed by atoms with Gasteiger partial charge in [-0.15, -0.1) is 0 Å². The summed E-state index contributed by atoms with van der Waals surface area (Å²) < 4.78 is 16.8. The molecule has 0 bridgehead atoms. The van der Waals surface area contributed by atoms with Crippen molar-refractivity contribution in [3.63, 3.8) is 0 Å². The number of carbonyl (C=O) groups excluding carboxylic acids is 1. The van der Waals surface area contributed by atoms with Crippen LogP contribution in [0.5, 0.6) is 11.5 Å². The third kappa shape index (κ3) is 1.93. The minimum atomic E-state index is -0.354. The van der Waals surface area contributed by atoms with Gasteiger partial charge in [0.1, 0.15) is 0 Å². The van der Waals surface area contributed by atoms with E-state index in [1.807, 2.05) is 12.1 Å². The molecule has 29 heavy (non-hydrogen) atoms. The summed E-state index contributed by atoms with van der Waals surface area (Å²) in [5.41, 5.74) is 3.21. The molecule has 3 fully saturated rings. The number of anilines is 1. The Labute approximate surface area is 169 Å². The number of esters is 1. The van der Waals surface area contributed by atoms with Crippen LogP contribution >= 0.6 is 0 Å². The zero-order chi connectivity index (χ0) is 20.0. The molecule has 0 amide bonds. The van der Waals surface area contributed by atoms with Crippen molar-refractivity contribution in [1.82, 2.24) is 4.90 Å². The maximum Gasteiger partial charge on any atom is 0.335 e. The lowest BCUT2D eigenvalue weighted by Gasteiger charge is -2.56. The van der Waals surface area contributed by atoms with Gasteiger partial charge in [-0.05, 0) is 43.9 Å². The SMILES string of the molecule is COC(=O)C1=C2Nc3cc(OC)c(O)cc3[C@@]23CCN2CC[C@@H]4OCC[C@]4(C1)[C@H]23. The Hall–Kier alpha value is -2.25. The Kier molecular flexibility index (Phi) is 3.44. The molecule has 0 saturated carbocycles. The zero-order valence-electron chi connectivity index (χ0n) is 16.8. The molecule has 0 unspecified atom stereocenters. The first kappa shape index (κ1) is 17.6. The van der Waals surface area contributed by atoms with E-state index in [4.69, 9.17) is 14.2 Å². The van der Waals surface area contributed by atoms with Gasteiger partial charge in [0.15, 0.2) is 11.5 Å². The van der Waals surface area contributed by atoms with Gasteiger partial charge in [-0.1, -0.05) is 0 Å². The summed E-state index contributed by atoms with van der Waals surface area (Å²) in [5, 5.41) is 14.1. The van der Waals surface area contributed by atoms with E-state index in [1.54, 1.807) is 7.11 Å². The van der Waals surface area contributed by atoms with Crippen LogP contribution in [-0.4, -0.2) is 62.0 Å². The van der Waals surface area contributed by atoms with Crippen molar-refractivity contribution in [1.29, 1.82) is 0 Å². The van der Waals surface area contributed by atoms with Gasteiger partial charge in [-0.25, -0.2) is 4.79 Å². The predicted molar refractivity (Wildman–Crippen MR) is 105 cm³/mol. The maximum absolute atomic E-state index is 12.9. The van der Waals surface area contributed by atoms with Crippen molar-refractivity contribution >= 4 is 11.7 Å². The average Bonchev–Trinajstić information content (AvgIpc) is 3.41. The van der Waals surface area contributed by atoms with Gasteiger partial charge in [-0.3, -0.25) is 4.90 Å². The van der Waals surface area contributed by atoms with Crippen molar-refractivity contribution in [2.75, 3.05) is 39.2 Å². The van der Waals surface area contributed by atoms with E-state index in [0.717, 1.165) is 61.5 Å². The second-order valence-electron chi connectivity index (χ2n) is 9.01. The fourth-order valence-corrected chi connectivity index (χ4v) is 7.16. The molecular formula is C22H26N2O5. The number of nitrogens with one attached hydrogen (secondary N) is 1. The topological polar surface area (TPSA) is 80.3 Å². The van der Waals surface area contributed by atoms with Crippen molar-refractivity contribution in [3.05, 3.63) is 29.0 Å². The van der Waals surface area contributed by atoms with Crippen LogP contribution in [0.15, 0.2) is 23.4 Å². The number of aromatic hydroxyl groups is 1. The highest BCUT2D eigenvalue weighted by molar-refractivity contribution is 5.93. The molecule has 0 radical (unpaired) electrons. The number of nitrogens with zero attached hydrogens (tertiary/aromatic N) is 1. The van der Waals surface area contributed by atoms with Gasteiger partial charge in [0.25, 0.3) is 0 Å². The molecule has 7 nitrogen and oxygen atoms in total. The molecule has 1 aromatic rings. The van der Waals surface area contributed by atoms with E-state index in [0.29, 0.717) is 12.2 Å². The zero-order valence-corrected chi connectivity index (χ0v) is 16.8. The molecule has 7 heteroatoms. The summed E-state index contributed by atoms with van der Waals surface area (Å²) >= 11 is 0. The Balaban J connectivity index is 1.65. The quantitative estimate of drug-likeness (QED) is 0.584. The fourth-order valence-electron chi connectivity index (χ4n) is 7.16. The lowest BCUT2D eigenvalue weighted by molar-refractivity contribution is -0.138. The average molecular weight is 398 g/mol. The van der Waals surface area contributed by atoms with Gasteiger partial charge in [0.2, 0.25) is 0 Å². The van der Waals surface area contributed by atoms with E-state index in [1.165, 1.54) is 7.11 Å². The predicted octanol–water partition coefficient (Wildman–Crippen LogP) is 2.15. The highest BCUT2D eigenvalue weighted by Gasteiger charge is 2.70. The monoisotopic (exact) mass is 398 g/mol. The number of ether oxygens (including phenoxy) is 3. The molecule has 4 aliphatic heterocycles. The summed E-state index contributed by atoms with van der Waals surface area (Å²) in [5.74, 6) is 0.302. The molecule has 4 heterocycles. The standard InChI is InChI=1S/C22H26N2O5/c1-27-16-10-14-13(9-15(16)25)22-4-7-24-6-3-17-21(20(22)24,5-8-29-17)11-12(18(22)23-14)19(26)28-2/h9-10,17,20,23,25H,3-8,11H2,1-2H3/t17-,20-,21+,22-/m0/s1. The van der Waals surface area contributed by atoms with Gasteiger partial charge >= 0.3 is 5.97 Å². The first-order valence-electron chi connectivity index (χ1n) is 10.4. The highest BCUT2D eigenvalue weighted by atomic mass is 16.5. The van der Waals surface area contributed by atoms with E-state index in [2.05, 4.69) is 10.2 Å². The minimum Gasteiger partial charge on any atom is -0.504 e. The van der Waals surface area contributed by atoms with Crippen molar-refractivity contribution in [2.45, 2.75) is 43.2 Å². The Morgan fingerprint density at radius 2 is 2.17 bits per heavy atom. The van der Waals surface area contributed by atoms with Crippen LogP contribution < -0.4 is 10.1 Å². The molecule has 1 aliphatic carbocycles. The number of carbonyl (C=O) groups is 1. The lowest BCUT2D eigenvalue weighted by Crippen LogP contribution is -2.63. The smallest absolute Gasteiger partial charge is 0.335 e. The molecule has 5 aliphatic rings. The molecule has 154 valence electrons. The number of phenolic OH excluding ortho intramolecular Hbond substituents is 1. The first-order valence-corrected chi connectivity index (χ1v) is 10.4. The third-order valence-corrected chi connectivity index (χ3v) is 8.12. The number of fused-ring (bicyclic) bond motifs is 1. The van der Waals surface area contributed by atoms with Crippen molar-refractivity contribution < 1.29 is 24.1 Å². The number of methoxy groups -OCH3 is 2. The van der Waals surface area contributed by atoms with Crippen LogP contribution in [0.3, 0.4) is 0 Å². The Bertz CT molecular complexity index is 959. The first-order chi connectivity index (χ1) is 14.0. The number of hydrogen-bond acceptors (Lipinski definition) is 7. The van der Waals surface area contributed by atoms with Crippen molar-refractivity contribution in [2.24, 2.45) is 5.41 Å². The second kappa shape index (κ2) is 5.67. The normalized spacial score (nSPS) is 36.8. The third-order valence-electron chi connectivity index (χ3n) is 8.12. The number of phenols is 1. The molecular weight excluding hydrogens is 372 g/mol. The second-order valence-corrected chi connectivity index (χ2v) is 9.01. The van der Waals surface area contributed by atoms with E-state index < -0.39 is 0 Å². The van der Waals surface area contributed by atoms with Crippen LogP contribution in [0.1, 0.15) is 31.2 Å². The van der Waals surface area contributed by atoms with Crippen LogP contribution in [-0.2, 0) is 19.7 Å². The molecule has 6 rings (SSSR count). The van der Waals surface area contributed by atoms with Crippen molar-refractivity contribution in [3.8, 4) is 11.5 Å². The minimum absolute atomic E-state index is 0.0966. The molecule has 2 spiro atoms. The number of hydrogen-bond donors (Lipinski definition) is 2. The van der Waals surface area contributed by atoms with E-state index in [-0.39, 0.29) is 34.7 Å². The van der Waals surface area contributed by atoms with Crippen LogP contribution in [0.2, 0.25) is 0 Å². The van der Waals surface area contributed by atoms with Crippen LogP contribution in [0.4, 0.5) is 5.69 Å². The lowest BCUT2D eigenvalue weighted by atomic mass is 9.53. The molecule has 2 N–H and O–H groups in total. The van der Waals surface area contributed by atoms with E-state index in [9.17, 15) is 9.90 Å². The number of benzene rings is 1.